The van der Waals surface area contributed by atoms with Crippen LogP contribution in [0, 0.1) is 13.8 Å². The summed E-state index contributed by atoms with van der Waals surface area (Å²) >= 11 is 0. The minimum atomic E-state index is -0.00777. The molecule has 0 N–H and O–H groups in total. The van der Waals surface area contributed by atoms with Gasteiger partial charge in [-0.25, -0.2) is 4.99 Å². The number of pyridine rings is 1. The summed E-state index contributed by atoms with van der Waals surface area (Å²) in [4.78, 5) is 20.2. The van der Waals surface area contributed by atoms with Gasteiger partial charge < -0.3 is 4.90 Å². The van der Waals surface area contributed by atoms with Gasteiger partial charge in [-0.15, -0.1) is 0 Å². The Balaban J connectivity index is 2.04. The summed E-state index contributed by atoms with van der Waals surface area (Å²) in [7, 11) is 0. The Labute approximate surface area is 173 Å². The van der Waals surface area contributed by atoms with Crippen molar-refractivity contribution in [1.82, 2.24) is 4.68 Å². The summed E-state index contributed by atoms with van der Waals surface area (Å²) in [6.45, 7) is 14.4. The molecule has 5 heteroatoms. The van der Waals surface area contributed by atoms with E-state index in [1.165, 1.54) is 10.4 Å². The van der Waals surface area contributed by atoms with Gasteiger partial charge in [0.1, 0.15) is 5.71 Å². The highest BCUT2D eigenvalue weighted by Gasteiger charge is 2.24. The van der Waals surface area contributed by atoms with E-state index >= 15 is 0 Å². The smallest absolute Gasteiger partial charge is 0.274 e. The highest BCUT2D eigenvalue weighted by atomic mass is 16.1. The van der Waals surface area contributed by atoms with Gasteiger partial charge >= 0.3 is 0 Å². The average Bonchev–Trinajstić information content (AvgIpc) is 3.00. The van der Waals surface area contributed by atoms with Gasteiger partial charge in [-0.2, -0.15) is 9.78 Å². The maximum absolute atomic E-state index is 13.0. The number of aliphatic imine (C=N–C) groups is 1. The Bertz CT molecular complexity index is 1030. The fourth-order valence-electron chi connectivity index (χ4n) is 3.88. The summed E-state index contributed by atoms with van der Waals surface area (Å²) in [6, 6.07) is 8.42. The van der Waals surface area contributed by atoms with Crippen LogP contribution < -0.4 is 10.5 Å². The molecule has 1 aromatic heterocycles. The first-order valence-corrected chi connectivity index (χ1v) is 10.7. The molecule has 0 bridgehead atoms. The van der Waals surface area contributed by atoms with E-state index in [0.29, 0.717) is 0 Å². The van der Waals surface area contributed by atoms with Crippen LogP contribution in [0.1, 0.15) is 62.9 Å². The van der Waals surface area contributed by atoms with Crippen LogP contribution >= 0.6 is 0 Å². The Morgan fingerprint density at radius 2 is 1.76 bits per heavy atom. The Morgan fingerprint density at radius 1 is 1.03 bits per heavy atom. The third kappa shape index (κ3) is 4.04. The van der Waals surface area contributed by atoms with E-state index in [2.05, 4.69) is 62.0 Å². The number of anilines is 1. The zero-order valence-electron chi connectivity index (χ0n) is 18.5. The van der Waals surface area contributed by atoms with Gasteiger partial charge in [0.05, 0.1) is 17.1 Å². The summed E-state index contributed by atoms with van der Waals surface area (Å²) in [5.74, 6) is 0. The minimum Gasteiger partial charge on any atom is -0.372 e. The molecule has 0 unspecified atom stereocenters. The Morgan fingerprint density at radius 3 is 2.38 bits per heavy atom. The maximum atomic E-state index is 13.0. The van der Waals surface area contributed by atoms with Gasteiger partial charge in [0.25, 0.3) is 5.56 Å². The first-order chi connectivity index (χ1) is 13.9. The van der Waals surface area contributed by atoms with Crippen LogP contribution in [0.25, 0.3) is 0 Å². The van der Waals surface area contributed by atoms with Gasteiger partial charge in [0.15, 0.2) is 0 Å². The number of aromatic nitrogens is 1. The minimum absolute atomic E-state index is 0.00777. The van der Waals surface area contributed by atoms with Crippen LogP contribution in [-0.4, -0.2) is 29.2 Å². The van der Waals surface area contributed by atoms with Crippen LogP contribution in [-0.2, 0) is 6.42 Å². The second-order valence-electron chi connectivity index (χ2n) is 7.70. The molecule has 0 amide bonds. The quantitative estimate of drug-likeness (QED) is 0.665. The van der Waals surface area contributed by atoms with E-state index in [9.17, 15) is 4.79 Å². The van der Waals surface area contributed by atoms with Gasteiger partial charge in [0, 0.05) is 24.3 Å². The number of hydrogen-bond donors (Lipinski definition) is 0. The van der Waals surface area contributed by atoms with Gasteiger partial charge in [0.2, 0.25) is 0 Å². The van der Waals surface area contributed by atoms with Crippen molar-refractivity contribution in [2.45, 2.75) is 60.8 Å². The first kappa shape index (κ1) is 21.0. The highest BCUT2D eigenvalue weighted by Crippen LogP contribution is 2.27. The third-order valence-corrected chi connectivity index (χ3v) is 5.66. The van der Waals surface area contributed by atoms with Crippen LogP contribution in [0.15, 0.2) is 39.2 Å². The van der Waals surface area contributed by atoms with Crippen molar-refractivity contribution in [2.75, 3.05) is 18.0 Å². The van der Waals surface area contributed by atoms with Gasteiger partial charge in [-0.05, 0) is 82.9 Å². The zero-order valence-corrected chi connectivity index (χ0v) is 18.5. The number of hydrogen-bond acceptors (Lipinski definition) is 4. The molecule has 2 heterocycles. The lowest BCUT2D eigenvalue weighted by Crippen LogP contribution is -2.24. The molecule has 29 heavy (non-hydrogen) atoms. The van der Waals surface area contributed by atoms with Crippen molar-refractivity contribution in [3.8, 4) is 0 Å². The van der Waals surface area contributed by atoms with E-state index in [0.717, 1.165) is 71.8 Å². The average molecular weight is 393 g/mol. The van der Waals surface area contributed by atoms with E-state index in [4.69, 9.17) is 4.99 Å². The predicted molar refractivity (Wildman–Crippen MR) is 123 cm³/mol. The lowest BCUT2D eigenvalue weighted by Gasteiger charge is -2.21. The van der Waals surface area contributed by atoms with Crippen LogP contribution in [0.2, 0.25) is 0 Å². The van der Waals surface area contributed by atoms with E-state index < -0.39 is 0 Å². The first-order valence-electron chi connectivity index (χ1n) is 10.7. The van der Waals surface area contributed by atoms with E-state index in [-0.39, 0.29) is 5.56 Å². The highest BCUT2D eigenvalue weighted by molar-refractivity contribution is 6.48. The Kier molecular flexibility index (Phi) is 6.36. The molecule has 0 atom stereocenters. The molecule has 0 radical (unpaired) electrons. The topological polar surface area (TPSA) is 50.0 Å². The monoisotopic (exact) mass is 392 g/mol. The second kappa shape index (κ2) is 8.76. The molecule has 0 saturated heterocycles. The molecule has 1 aliphatic heterocycles. The van der Waals surface area contributed by atoms with E-state index in [1.807, 2.05) is 13.8 Å². The van der Waals surface area contributed by atoms with Crippen LogP contribution in [0.5, 0.6) is 0 Å². The lowest BCUT2D eigenvalue weighted by atomic mass is 10.0. The van der Waals surface area contributed by atoms with Crippen molar-refractivity contribution in [1.29, 1.82) is 0 Å². The summed E-state index contributed by atoms with van der Waals surface area (Å²) in [5, 5.41) is 4.52. The largest absolute Gasteiger partial charge is 0.372 e. The number of nitrogens with zero attached hydrogens (tertiary/aromatic N) is 4. The second-order valence-corrected chi connectivity index (χ2v) is 7.70. The van der Waals surface area contributed by atoms with Crippen LogP contribution in [0.3, 0.4) is 0 Å². The normalized spacial score (nSPS) is 14.3. The molecule has 0 aliphatic carbocycles. The zero-order chi connectivity index (χ0) is 21.1. The van der Waals surface area contributed by atoms with Crippen molar-refractivity contribution in [3.05, 3.63) is 57.0 Å². The molecule has 3 rings (SSSR count). The summed E-state index contributed by atoms with van der Waals surface area (Å²) < 4.78 is 1.53. The fraction of sp³-hybridized carbons (Fsp3) is 0.458. The molecular formula is C24H32N4O. The molecule has 1 aliphatic rings. The molecule has 2 aromatic rings. The lowest BCUT2D eigenvalue weighted by molar-refractivity contribution is 0.749. The SMILES string of the molecule is CCCCc1c(C)cc2n(c1=O)N=C(C)C2=Nc1ccc(N(CC)CC)cc1C. The van der Waals surface area contributed by atoms with E-state index in [1.54, 1.807) is 0 Å². The molecule has 0 fully saturated rings. The Hall–Kier alpha value is -2.69. The summed E-state index contributed by atoms with van der Waals surface area (Å²) in [6.07, 6.45) is 2.88. The number of unbranched alkanes of at least 4 members (excludes halogenated alkanes) is 1. The van der Waals surface area contributed by atoms with Crippen molar-refractivity contribution in [3.63, 3.8) is 0 Å². The van der Waals surface area contributed by atoms with Crippen molar-refractivity contribution in [2.24, 2.45) is 10.1 Å². The standard InChI is InChI=1S/C24H32N4O/c1-7-10-11-20-16(4)15-22-23(18(6)26-28(22)24(20)29)25-21-13-12-19(14-17(21)5)27(8-2)9-3/h12-15H,7-11H2,1-6H3. The third-order valence-electron chi connectivity index (χ3n) is 5.66. The van der Waals surface area contributed by atoms with Crippen molar-refractivity contribution >= 4 is 22.8 Å². The molecule has 154 valence electrons. The van der Waals surface area contributed by atoms with Crippen molar-refractivity contribution < 1.29 is 0 Å². The molecule has 1 aromatic carbocycles. The summed E-state index contributed by atoms with van der Waals surface area (Å²) in [5.41, 5.74) is 7.48. The number of aryl methyl sites for hydroxylation is 2. The number of rotatable bonds is 7. The predicted octanol–water partition coefficient (Wildman–Crippen LogP) is 5.01. The molecular weight excluding hydrogens is 360 g/mol. The number of benzene rings is 1. The van der Waals surface area contributed by atoms with Gasteiger partial charge in [-0.3, -0.25) is 4.79 Å². The van der Waals surface area contributed by atoms with Gasteiger partial charge in [-0.1, -0.05) is 13.3 Å². The molecule has 0 spiro atoms. The maximum Gasteiger partial charge on any atom is 0.274 e. The van der Waals surface area contributed by atoms with Crippen LogP contribution in [0.4, 0.5) is 11.4 Å². The molecule has 0 saturated carbocycles. The number of fused-ring (bicyclic) bond motifs is 1. The fourth-order valence-corrected chi connectivity index (χ4v) is 3.88. The molecule has 5 nitrogen and oxygen atoms in total.